The molecular weight excluding hydrogens is 310 g/mol. The Hall–Kier alpha value is -0.770. The molecule has 0 radical (unpaired) electrons. The largest absolute Gasteiger partial charge is 0.374 e. The van der Waals surface area contributed by atoms with Gasteiger partial charge in [0.05, 0.1) is 0 Å². The molecule has 118 valence electrons. The molecule has 0 bridgehead atoms. The fraction of sp³-hybridized carbons (Fsp3) is 0.833. The number of aromatic nitrogens is 2. The van der Waals surface area contributed by atoms with Gasteiger partial charge in [-0.1, -0.05) is 17.8 Å². The van der Waals surface area contributed by atoms with Gasteiger partial charge in [0.15, 0.2) is 0 Å². The van der Waals surface area contributed by atoms with Crippen molar-refractivity contribution < 1.29 is 8.42 Å². The van der Waals surface area contributed by atoms with Crippen molar-refractivity contribution in [3.8, 4) is 0 Å². The number of nitrogens with two attached hydrogens (primary N) is 1. The molecule has 0 unspecified atom stereocenters. The average molecular weight is 331 g/mol. The smallest absolute Gasteiger partial charge is 0.272 e. The summed E-state index contributed by atoms with van der Waals surface area (Å²) < 4.78 is 26.4. The molecule has 0 aliphatic carbocycles. The summed E-state index contributed by atoms with van der Waals surface area (Å²) in [6.45, 7) is 3.43. The van der Waals surface area contributed by atoms with Gasteiger partial charge >= 0.3 is 0 Å². The van der Waals surface area contributed by atoms with E-state index >= 15 is 0 Å². The first-order valence-corrected chi connectivity index (χ1v) is 9.66. The van der Waals surface area contributed by atoms with Crippen LogP contribution in [0.2, 0.25) is 0 Å². The van der Waals surface area contributed by atoms with Crippen LogP contribution in [0.15, 0.2) is 4.34 Å². The zero-order valence-corrected chi connectivity index (χ0v) is 13.6. The van der Waals surface area contributed by atoms with E-state index in [-0.39, 0.29) is 9.47 Å². The summed E-state index contributed by atoms with van der Waals surface area (Å²) in [4.78, 5) is 2.52. The summed E-state index contributed by atoms with van der Waals surface area (Å²) in [6.07, 6.45) is 5.65. The van der Waals surface area contributed by atoms with Gasteiger partial charge in [-0.25, -0.2) is 8.42 Å². The van der Waals surface area contributed by atoms with Crippen LogP contribution in [0.1, 0.15) is 32.1 Å². The van der Waals surface area contributed by atoms with Gasteiger partial charge in [-0.3, -0.25) is 0 Å². The highest BCUT2D eigenvalue weighted by Crippen LogP contribution is 2.26. The second-order valence-corrected chi connectivity index (χ2v) is 8.76. The second kappa shape index (κ2) is 6.15. The molecule has 0 aromatic carbocycles. The highest BCUT2D eigenvalue weighted by Gasteiger charge is 2.33. The fourth-order valence-electron chi connectivity index (χ4n) is 3.17. The molecule has 21 heavy (non-hydrogen) atoms. The number of piperidine rings is 2. The SMILES string of the molecule is Nc1nnc(S(=O)(=O)N2CCC(N3CCCCC3)CC2)s1. The monoisotopic (exact) mass is 331 g/mol. The van der Waals surface area contributed by atoms with E-state index in [0.717, 1.165) is 37.3 Å². The third-order valence-corrected chi connectivity index (χ3v) is 7.31. The molecule has 3 heterocycles. The minimum atomic E-state index is -3.52. The average Bonchev–Trinajstić information content (AvgIpc) is 2.96. The van der Waals surface area contributed by atoms with Gasteiger partial charge in [0.2, 0.25) is 9.47 Å². The van der Waals surface area contributed by atoms with Crippen LogP contribution in [-0.4, -0.2) is 60.0 Å². The Labute approximate surface area is 129 Å². The number of anilines is 1. The second-order valence-electron chi connectivity index (χ2n) is 5.64. The van der Waals surface area contributed by atoms with E-state index in [1.807, 2.05) is 0 Å². The topological polar surface area (TPSA) is 92.4 Å². The predicted octanol–water partition coefficient (Wildman–Crippen LogP) is 0.759. The molecule has 2 N–H and O–H groups in total. The molecule has 2 saturated heterocycles. The third kappa shape index (κ3) is 3.20. The summed E-state index contributed by atoms with van der Waals surface area (Å²) in [6, 6.07) is 0.524. The van der Waals surface area contributed by atoms with Gasteiger partial charge in [-0.2, -0.15) is 4.31 Å². The van der Waals surface area contributed by atoms with Crippen molar-refractivity contribution in [2.24, 2.45) is 0 Å². The summed E-state index contributed by atoms with van der Waals surface area (Å²) in [5.74, 6) is 0. The Bertz CT molecular complexity index is 574. The van der Waals surface area contributed by atoms with Gasteiger partial charge in [-0.05, 0) is 38.8 Å². The maximum Gasteiger partial charge on any atom is 0.272 e. The van der Waals surface area contributed by atoms with Crippen LogP contribution in [0.25, 0.3) is 0 Å². The summed E-state index contributed by atoms with van der Waals surface area (Å²) in [7, 11) is -3.52. The first-order chi connectivity index (χ1) is 10.1. The lowest BCUT2D eigenvalue weighted by Crippen LogP contribution is -2.48. The highest BCUT2D eigenvalue weighted by atomic mass is 32.2. The lowest BCUT2D eigenvalue weighted by Gasteiger charge is -2.39. The van der Waals surface area contributed by atoms with Gasteiger partial charge < -0.3 is 10.6 Å². The van der Waals surface area contributed by atoms with E-state index in [0.29, 0.717) is 19.1 Å². The van der Waals surface area contributed by atoms with E-state index in [4.69, 9.17) is 5.73 Å². The Morgan fingerprint density at radius 1 is 1.05 bits per heavy atom. The zero-order chi connectivity index (χ0) is 14.9. The van der Waals surface area contributed by atoms with Crippen LogP contribution in [0.5, 0.6) is 0 Å². The molecule has 3 rings (SSSR count). The molecular formula is C12H21N5O2S2. The Morgan fingerprint density at radius 3 is 2.29 bits per heavy atom. The molecule has 0 amide bonds. The first kappa shape index (κ1) is 15.1. The summed E-state index contributed by atoms with van der Waals surface area (Å²) in [5.41, 5.74) is 5.48. The molecule has 9 heteroatoms. The lowest BCUT2D eigenvalue weighted by atomic mass is 10.0. The van der Waals surface area contributed by atoms with Crippen molar-refractivity contribution in [2.75, 3.05) is 31.9 Å². The first-order valence-electron chi connectivity index (χ1n) is 7.40. The molecule has 0 atom stereocenters. The molecule has 0 saturated carbocycles. The predicted molar refractivity (Wildman–Crippen MR) is 81.5 cm³/mol. The molecule has 1 aromatic heterocycles. The molecule has 0 spiro atoms. The number of likely N-dealkylation sites (tertiary alicyclic amines) is 1. The minimum absolute atomic E-state index is 0.0106. The Balaban J connectivity index is 1.62. The van der Waals surface area contributed by atoms with Crippen LogP contribution in [0.4, 0.5) is 5.13 Å². The van der Waals surface area contributed by atoms with E-state index in [1.165, 1.54) is 23.6 Å². The fourth-order valence-corrected chi connectivity index (χ4v) is 5.56. The van der Waals surface area contributed by atoms with E-state index in [2.05, 4.69) is 15.1 Å². The van der Waals surface area contributed by atoms with Crippen molar-refractivity contribution in [3.63, 3.8) is 0 Å². The summed E-state index contributed by atoms with van der Waals surface area (Å²) >= 11 is 0.933. The lowest BCUT2D eigenvalue weighted by molar-refractivity contribution is 0.118. The molecule has 2 aliphatic heterocycles. The van der Waals surface area contributed by atoms with Crippen molar-refractivity contribution in [3.05, 3.63) is 0 Å². The van der Waals surface area contributed by atoms with Crippen LogP contribution < -0.4 is 5.73 Å². The number of hydrogen-bond donors (Lipinski definition) is 1. The molecule has 2 fully saturated rings. The van der Waals surface area contributed by atoms with Crippen molar-refractivity contribution in [1.82, 2.24) is 19.4 Å². The normalized spacial score (nSPS) is 23.4. The van der Waals surface area contributed by atoms with Gasteiger partial charge in [0, 0.05) is 19.1 Å². The van der Waals surface area contributed by atoms with Crippen LogP contribution in [0, 0.1) is 0 Å². The molecule has 2 aliphatic rings. The van der Waals surface area contributed by atoms with Gasteiger partial charge in [-0.15, -0.1) is 10.2 Å². The van der Waals surface area contributed by atoms with Crippen LogP contribution >= 0.6 is 11.3 Å². The maximum atomic E-state index is 12.4. The van der Waals surface area contributed by atoms with E-state index in [1.54, 1.807) is 0 Å². The van der Waals surface area contributed by atoms with Crippen molar-refractivity contribution in [1.29, 1.82) is 0 Å². The minimum Gasteiger partial charge on any atom is -0.374 e. The number of rotatable bonds is 3. The molecule has 1 aromatic rings. The number of nitrogens with zero attached hydrogens (tertiary/aromatic N) is 4. The highest BCUT2D eigenvalue weighted by molar-refractivity contribution is 7.91. The molecule has 7 nitrogen and oxygen atoms in total. The maximum absolute atomic E-state index is 12.4. The van der Waals surface area contributed by atoms with E-state index in [9.17, 15) is 8.42 Å². The number of nitrogen functional groups attached to an aromatic ring is 1. The standard InChI is InChI=1S/C12H21N5O2S2/c13-11-14-15-12(20-11)21(18,19)17-8-4-10(5-9-17)16-6-2-1-3-7-16/h10H,1-9H2,(H2,13,14). The van der Waals surface area contributed by atoms with Gasteiger partial charge in [0.25, 0.3) is 10.0 Å². The zero-order valence-electron chi connectivity index (χ0n) is 11.9. The third-order valence-electron chi connectivity index (χ3n) is 4.31. The van der Waals surface area contributed by atoms with Crippen molar-refractivity contribution in [2.45, 2.75) is 42.5 Å². The Morgan fingerprint density at radius 2 is 1.71 bits per heavy atom. The van der Waals surface area contributed by atoms with E-state index < -0.39 is 10.0 Å². The van der Waals surface area contributed by atoms with Gasteiger partial charge in [0.1, 0.15) is 0 Å². The Kier molecular flexibility index (Phi) is 4.43. The number of sulfonamides is 1. The quantitative estimate of drug-likeness (QED) is 0.879. The summed E-state index contributed by atoms with van der Waals surface area (Å²) in [5, 5.41) is 7.46. The van der Waals surface area contributed by atoms with Crippen LogP contribution in [-0.2, 0) is 10.0 Å². The number of hydrogen-bond acceptors (Lipinski definition) is 7. The van der Waals surface area contributed by atoms with Crippen LogP contribution in [0.3, 0.4) is 0 Å². The van der Waals surface area contributed by atoms with Crippen molar-refractivity contribution >= 4 is 26.5 Å².